The van der Waals surface area contributed by atoms with E-state index >= 15 is 0 Å². The maximum Gasteiger partial charge on any atom is 0.326 e. The van der Waals surface area contributed by atoms with Gasteiger partial charge in [0.05, 0.1) is 4.20 Å². The van der Waals surface area contributed by atoms with E-state index in [0.717, 1.165) is 28.0 Å². The van der Waals surface area contributed by atoms with Crippen molar-refractivity contribution in [2.45, 2.75) is 39.0 Å². The average molecular weight is 467 g/mol. The summed E-state index contributed by atoms with van der Waals surface area (Å²) in [5, 5.41) is 0. The zero-order valence-corrected chi connectivity index (χ0v) is 22.1. The van der Waals surface area contributed by atoms with E-state index in [9.17, 15) is 0 Å². The van der Waals surface area contributed by atoms with Gasteiger partial charge in [0.1, 0.15) is 0 Å². The number of aryl methyl sites for hydroxylation is 1. The van der Waals surface area contributed by atoms with Gasteiger partial charge in [-0.1, -0.05) is 79.8 Å². The molecule has 0 saturated heterocycles. The number of thioether (sulfide) groups is 1. The Kier molecular flexibility index (Phi) is 12.2. The normalized spacial score (nSPS) is 13.2. The highest BCUT2D eigenvalue weighted by Crippen LogP contribution is 2.21. The summed E-state index contributed by atoms with van der Waals surface area (Å²) in [4.78, 5) is 0. The fraction of sp³-hybridized carbons (Fsp3) is 0.409. The molecule has 0 radical (unpaired) electrons. The molecule has 0 aliphatic heterocycles. The Morgan fingerprint density at radius 2 is 1.45 bits per heavy atom. The highest BCUT2D eigenvalue weighted by Gasteiger charge is 2.38. The van der Waals surface area contributed by atoms with Gasteiger partial charge in [-0.2, -0.15) is 0 Å². The second-order valence-electron chi connectivity index (χ2n) is 7.12. The van der Waals surface area contributed by atoms with E-state index in [4.69, 9.17) is 25.2 Å². The first-order valence-corrected chi connectivity index (χ1v) is 16.5. The van der Waals surface area contributed by atoms with E-state index < -0.39 is 17.1 Å². The Morgan fingerprint density at radius 1 is 0.897 bits per heavy atom. The van der Waals surface area contributed by atoms with Gasteiger partial charge in [-0.25, -0.2) is 0 Å². The monoisotopic (exact) mass is 466 g/mol. The zero-order valence-electron chi connectivity index (χ0n) is 18.4. The van der Waals surface area contributed by atoms with E-state index in [2.05, 4.69) is 50.8 Å². The van der Waals surface area contributed by atoms with E-state index in [0.29, 0.717) is 0 Å². The predicted octanol–water partition coefficient (Wildman–Crippen LogP) is 6.43. The molecule has 0 N–H and O–H groups in total. The van der Waals surface area contributed by atoms with Gasteiger partial charge in [0, 0.05) is 14.2 Å². The van der Waals surface area contributed by atoms with E-state index in [1.54, 1.807) is 26.0 Å². The van der Waals surface area contributed by atoms with Crippen molar-refractivity contribution < 1.29 is 13.0 Å². The van der Waals surface area contributed by atoms with Crippen molar-refractivity contribution in [3.8, 4) is 0 Å². The van der Waals surface area contributed by atoms with Crippen LogP contribution >= 0.6 is 24.0 Å². The van der Waals surface area contributed by atoms with Crippen molar-refractivity contribution >= 4 is 45.3 Å². The summed E-state index contributed by atoms with van der Waals surface area (Å²) in [6, 6.07) is 21.5. The molecule has 0 aliphatic carbocycles. The molecule has 0 spiro atoms. The smallest absolute Gasteiger partial charge is 0.326 e. The van der Waals surface area contributed by atoms with Gasteiger partial charge in [0.2, 0.25) is 0 Å². The van der Waals surface area contributed by atoms with Crippen molar-refractivity contribution in [2.24, 2.45) is 0 Å². The van der Waals surface area contributed by atoms with E-state index in [-0.39, 0.29) is 0 Å². The van der Waals surface area contributed by atoms with Crippen LogP contribution in [0, 0.1) is 0 Å². The highest BCUT2D eigenvalue weighted by molar-refractivity contribution is 8.23. The molecule has 0 bridgehead atoms. The van der Waals surface area contributed by atoms with Crippen LogP contribution in [0.2, 0.25) is 25.7 Å². The summed E-state index contributed by atoms with van der Waals surface area (Å²) in [5.74, 6) is 1.05. The van der Waals surface area contributed by atoms with Crippen LogP contribution in [-0.4, -0.2) is 41.3 Å². The largest absolute Gasteiger partial charge is 0.415 e. The first-order chi connectivity index (χ1) is 13.7. The summed E-state index contributed by atoms with van der Waals surface area (Å²) in [5.41, 5.74) is 2.49. The molecule has 0 saturated carbocycles. The van der Waals surface area contributed by atoms with Gasteiger partial charge in [-0.05, 0) is 49.0 Å². The maximum atomic E-state index is 6.18. The Hall–Kier alpha value is -0.806. The third-order valence-corrected chi connectivity index (χ3v) is 12.5. The highest BCUT2D eigenvalue weighted by atomic mass is 32.2. The van der Waals surface area contributed by atoms with Gasteiger partial charge in [0.25, 0.3) is 0 Å². The molecule has 2 rings (SSSR count). The number of benzene rings is 2. The maximum absolute atomic E-state index is 6.18. The number of hydrogen-bond acceptors (Lipinski definition) is 5. The number of hydrogen-bond donors (Lipinski definition) is 0. The van der Waals surface area contributed by atoms with Crippen LogP contribution in [0.5, 0.6) is 0 Å². The van der Waals surface area contributed by atoms with Crippen LogP contribution in [0.25, 0.3) is 0 Å². The number of thiocarbonyl (C=S) groups is 1. The lowest BCUT2D eigenvalue weighted by atomic mass is 10.2. The van der Waals surface area contributed by atoms with Crippen LogP contribution in [0.4, 0.5) is 0 Å². The molecular weight excluding hydrogens is 433 g/mol. The van der Waals surface area contributed by atoms with E-state index in [1.807, 2.05) is 36.4 Å². The molecule has 2 aromatic rings. The van der Waals surface area contributed by atoms with Gasteiger partial charge in [0.15, 0.2) is 0 Å². The SMILES string of the molecule is CCSC(=S)c1ccccc1.CO[Si](C)(C)O[Si](C)(CCc1ccccc1)OC. The fourth-order valence-electron chi connectivity index (χ4n) is 2.56. The Morgan fingerprint density at radius 3 is 1.93 bits per heavy atom. The van der Waals surface area contributed by atoms with Crippen LogP contribution < -0.4 is 0 Å². The van der Waals surface area contributed by atoms with Crippen LogP contribution in [0.1, 0.15) is 18.1 Å². The van der Waals surface area contributed by atoms with Gasteiger partial charge >= 0.3 is 17.1 Å². The van der Waals surface area contributed by atoms with Gasteiger partial charge in [-0.15, -0.1) is 11.8 Å². The molecule has 0 aromatic heterocycles. The van der Waals surface area contributed by atoms with Crippen molar-refractivity contribution in [3.05, 3.63) is 71.8 Å². The van der Waals surface area contributed by atoms with Crippen molar-refractivity contribution in [1.29, 1.82) is 0 Å². The molecule has 160 valence electrons. The summed E-state index contributed by atoms with van der Waals surface area (Å²) in [7, 11) is -0.697. The zero-order chi connectivity index (χ0) is 21.8. The summed E-state index contributed by atoms with van der Waals surface area (Å²) in [6.07, 6.45) is 0.992. The molecule has 2 aromatic carbocycles. The summed E-state index contributed by atoms with van der Waals surface area (Å²) >= 11 is 6.90. The second kappa shape index (κ2) is 13.5. The van der Waals surface area contributed by atoms with E-state index in [1.165, 1.54) is 5.56 Å². The van der Waals surface area contributed by atoms with Crippen molar-refractivity contribution in [3.63, 3.8) is 0 Å². The van der Waals surface area contributed by atoms with Crippen LogP contribution in [0.15, 0.2) is 60.7 Å². The fourth-order valence-corrected chi connectivity index (χ4v) is 9.80. The van der Waals surface area contributed by atoms with Gasteiger partial charge < -0.3 is 13.0 Å². The Bertz CT molecular complexity index is 715. The third-order valence-electron chi connectivity index (χ3n) is 4.38. The molecule has 3 nitrogen and oxygen atoms in total. The molecule has 0 amide bonds. The first kappa shape index (κ1) is 26.2. The van der Waals surface area contributed by atoms with Crippen molar-refractivity contribution in [1.82, 2.24) is 0 Å². The van der Waals surface area contributed by atoms with Gasteiger partial charge in [-0.3, -0.25) is 0 Å². The first-order valence-electron chi connectivity index (χ1n) is 9.82. The lowest BCUT2D eigenvalue weighted by Gasteiger charge is -2.33. The minimum Gasteiger partial charge on any atom is -0.415 e. The molecule has 0 aliphatic rings. The molecular formula is C22H34O3S2Si2. The Balaban J connectivity index is 0.000000326. The minimum absolute atomic E-state index is 0.952. The molecule has 1 atom stereocenters. The topological polar surface area (TPSA) is 27.7 Å². The van der Waals surface area contributed by atoms with Crippen LogP contribution in [-0.2, 0) is 19.4 Å². The second-order valence-corrected chi connectivity index (χ2v) is 16.3. The third kappa shape index (κ3) is 10.7. The lowest BCUT2D eigenvalue weighted by molar-refractivity contribution is 0.245. The molecule has 1 unspecified atom stereocenters. The quantitative estimate of drug-likeness (QED) is 0.314. The van der Waals surface area contributed by atoms with Crippen molar-refractivity contribution in [2.75, 3.05) is 20.0 Å². The Labute approximate surface area is 188 Å². The molecule has 0 fully saturated rings. The molecule has 0 heterocycles. The minimum atomic E-state index is -2.13. The molecule has 7 heteroatoms. The lowest BCUT2D eigenvalue weighted by Crippen LogP contribution is -2.49. The van der Waals surface area contributed by atoms with Crippen LogP contribution in [0.3, 0.4) is 0 Å². The number of rotatable bonds is 9. The standard InChI is InChI=1S/C13H24O3Si2.C9H10S2/c1-14-17(3,4)16-18(5,15-2)12-11-13-9-7-6-8-10-13;1-2-11-9(10)8-6-4-3-5-7-8/h6-10H,11-12H2,1-5H3;3-7H,2H2,1H3. The predicted molar refractivity (Wildman–Crippen MR) is 135 cm³/mol. The summed E-state index contributed by atoms with van der Waals surface area (Å²) in [6.45, 7) is 8.34. The average Bonchev–Trinajstić information content (AvgIpc) is 2.74. The molecule has 29 heavy (non-hydrogen) atoms. The summed E-state index contributed by atoms with van der Waals surface area (Å²) < 4.78 is 18.3.